The quantitative estimate of drug-likeness (QED) is 0.622. The van der Waals surface area contributed by atoms with Crippen LogP contribution in [-0.2, 0) is 6.18 Å². The lowest BCUT2D eigenvalue weighted by atomic mass is 9.93. The molecule has 0 saturated heterocycles. The van der Waals surface area contributed by atoms with Crippen molar-refractivity contribution in [3.63, 3.8) is 0 Å². The number of nitrogens with two attached hydrogens (primary N) is 1. The molecule has 3 N–H and O–H groups in total. The molecule has 0 spiro atoms. The van der Waals surface area contributed by atoms with Gasteiger partial charge in [0.15, 0.2) is 0 Å². The highest BCUT2D eigenvalue weighted by Gasteiger charge is 2.34. The third kappa shape index (κ3) is 3.44. The first-order valence-corrected chi connectivity index (χ1v) is 7.42. The zero-order valence-corrected chi connectivity index (χ0v) is 12.4. The standard InChI is InChI=1S/C15H15F3N2S/c1-9-6-11(19)8-13(15(16,17)18)14(9)10-4-3-5-12(7-10)20-21-2/h3-8,20H,19H2,1-2H3. The highest BCUT2D eigenvalue weighted by atomic mass is 32.2. The number of hydrogen-bond acceptors (Lipinski definition) is 3. The molecular weight excluding hydrogens is 297 g/mol. The van der Waals surface area contributed by atoms with Gasteiger partial charge in [0.05, 0.1) is 5.56 Å². The van der Waals surface area contributed by atoms with E-state index in [0.717, 1.165) is 11.8 Å². The topological polar surface area (TPSA) is 38.0 Å². The van der Waals surface area contributed by atoms with E-state index in [1.807, 2.05) is 6.26 Å². The molecule has 0 heterocycles. The van der Waals surface area contributed by atoms with Crippen molar-refractivity contribution < 1.29 is 13.2 Å². The third-order valence-corrected chi connectivity index (χ3v) is 3.47. The smallest absolute Gasteiger partial charge is 0.399 e. The number of hydrogen-bond donors (Lipinski definition) is 2. The van der Waals surface area contributed by atoms with Gasteiger partial charge in [-0.1, -0.05) is 24.1 Å². The molecule has 0 bridgehead atoms. The number of rotatable bonds is 3. The first kappa shape index (κ1) is 15.6. The lowest BCUT2D eigenvalue weighted by Gasteiger charge is -2.17. The number of nitrogen functional groups attached to an aromatic ring is 1. The summed E-state index contributed by atoms with van der Waals surface area (Å²) < 4.78 is 42.8. The van der Waals surface area contributed by atoms with Gasteiger partial charge in [-0.05, 0) is 47.9 Å². The van der Waals surface area contributed by atoms with E-state index in [-0.39, 0.29) is 11.3 Å². The Morgan fingerprint density at radius 1 is 1.14 bits per heavy atom. The van der Waals surface area contributed by atoms with Gasteiger partial charge < -0.3 is 10.5 Å². The Bertz CT molecular complexity index is 654. The molecule has 0 aliphatic rings. The monoisotopic (exact) mass is 312 g/mol. The van der Waals surface area contributed by atoms with Crippen LogP contribution in [0.1, 0.15) is 11.1 Å². The van der Waals surface area contributed by atoms with Crippen LogP contribution in [-0.4, -0.2) is 6.26 Å². The maximum atomic E-state index is 13.3. The van der Waals surface area contributed by atoms with Gasteiger partial charge in [0.25, 0.3) is 0 Å². The van der Waals surface area contributed by atoms with Crippen LogP contribution < -0.4 is 10.5 Å². The summed E-state index contributed by atoms with van der Waals surface area (Å²) in [6.07, 6.45) is -2.60. The number of anilines is 2. The zero-order chi connectivity index (χ0) is 15.6. The molecule has 21 heavy (non-hydrogen) atoms. The maximum absolute atomic E-state index is 13.3. The molecule has 0 saturated carbocycles. The first-order valence-electron chi connectivity index (χ1n) is 6.19. The van der Waals surface area contributed by atoms with Crippen molar-refractivity contribution in [1.29, 1.82) is 0 Å². The van der Waals surface area contributed by atoms with Gasteiger partial charge in [-0.25, -0.2) is 0 Å². The molecule has 0 atom stereocenters. The van der Waals surface area contributed by atoms with E-state index in [0.29, 0.717) is 11.1 Å². The largest absolute Gasteiger partial charge is 0.417 e. The molecule has 2 aromatic carbocycles. The minimum atomic E-state index is -4.45. The molecule has 2 aromatic rings. The average Bonchev–Trinajstić information content (AvgIpc) is 2.37. The average molecular weight is 312 g/mol. The van der Waals surface area contributed by atoms with Crippen molar-refractivity contribution in [1.82, 2.24) is 0 Å². The van der Waals surface area contributed by atoms with Crippen LogP contribution in [0, 0.1) is 6.92 Å². The summed E-state index contributed by atoms with van der Waals surface area (Å²) in [7, 11) is 0. The Morgan fingerprint density at radius 2 is 1.86 bits per heavy atom. The molecule has 0 radical (unpaired) electrons. The normalized spacial score (nSPS) is 11.5. The van der Waals surface area contributed by atoms with Gasteiger partial charge in [-0.2, -0.15) is 13.2 Å². The van der Waals surface area contributed by atoms with E-state index in [9.17, 15) is 13.2 Å². The summed E-state index contributed by atoms with van der Waals surface area (Å²) in [5.74, 6) is 0. The van der Waals surface area contributed by atoms with Gasteiger partial charge in [0, 0.05) is 17.6 Å². The Kier molecular flexibility index (Phi) is 4.37. The van der Waals surface area contributed by atoms with E-state index in [2.05, 4.69) is 4.72 Å². The summed E-state index contributed by atoms with van der Waals surface area (Å²) in [6, 6.07) is 9.43. The highest BCUT2D eigenvalue weighted by Crippen LogP contribution is 2.40. The Morgan fingerprint density at radius 3 is 2.48 bits per heavy atom. The fourth-order valence-corrected chi connectivity index (χ4v) is 2.64. The number of alkyl halides is 3. The number of benzene rings is 2. The lowest BCUT2D eigenvalue weighted by molar-refractivity contribution is -0.137. The van der Waals surface area contributed by atoms with Crippen molar-refractivity contribution in [3.05, 3.63) is 47.5 Å². The zero-order valence-electron chi connectivity index (χ0n) is 11.6. The van der Waals surface area contributed by atoms with Crippen molar-refractivity contribution in [2.45, 2.75) is 13.1 Å². The van der Waals surface area contributed by atoms with E-state index < -0.39 is 11.7 Å². The van der Waals surface area contributed by atoms with Crippen molar-refractivity contribution in [3.8, 4) is 11.1 Å². The number of nitrogens with one attached hydrogen (secondary N) is 1. The molecule has 0 amide bonds. The second kappa shape index (κ2) is 5.89. The molecule has 2 rings (SSSR count). The predicted molar refractivity (Wildman–Crippen MR) is 83.2 cm³/mol. The van der Waals surface area contributed by atoms with Gasteiger partial charge in [0.2, 0.25) is 0 Å². The lowest BCUT2D eigenvalue weighted by Crippen LogP contribution is -2.09. The van der Waals surface area contributed by atoms with Gasteiger partial charge in [-0.3, -0.25) is 0 Å². The molecule has 0 fully saturated rings. The molecule has 0 unspecified atom stereocenters. The fourth-order valence-electron chi connectivity index (χ4n) is 2.28. The molecule has 0 aliphatic heterocycles. The fraction of sp³-hybridized carbons (Fsp3) is 0.200. The number of halogens is 3. The van der Waals surface area contributed by atoms with Crippen molar-refractivity contribution in [2.75, 3.05) is 16.7 Å². The van der Waals surface area contributed by atoms with Crippen molar-refractivity contribution >= 4 is 23.3 Å². The Labute approximate surface area is 125 Å². The highest BCUT2D eigenvalue weighted by molar-refractivity contribution is 7.99. The summed E-state index contributed by atoms with van der Waals surface area (Å²) in [5, 5.41) is 0. The van der Waals surface area contributed by atoms with Gasteiger partial charge in [-0.15, -0.1) is 0 Å². The maximum Gasteiger partial charge on any atom is 0.417 e. The minimum Gasteiger partial charge on any atom is -0.399 e. The molecule has 2 nitrogen and oxygen atoms in total. The summed E-state index contributed by atoms with van der Waals surface area (Å²) >= 11 is 1.38. The van der Waals surface area contributed by atoms with Crippen LogP contribution in [0.2, 0.25) is 0 Å². The van der Waals surface area contributed by atoms with E-state index in [1.165, 1.54) is 11.9 Å². The van der Waals surface area contributed by atoms with Gasteiger partial charge >= 0.3 is 6.18 Å². The first-order chi connectivity index (χ1) is 9.82. The summed E-state index contributed by atoms with van der Waals surface area (Å²) in [5.41, 5.74) is 6.91. The second-order valence-electron chi connectivity index (χ2n) is 4.65. The van der Waals surface area contributed by atoms with E-state index >= 15 is 0 Å². The van der Waals surface area contributed by atoms with Crippen LogP contribution in [0.4, 0.5) is 24.5 Å². The van der Waals surface area contributed by atoms with Crippen LogP contribution in [0.25, 0.3) is 11.1 Å². The van der Waals surface area contributed by atoms with Crippen LogP contribution in [0.15, 0.2) is 36.4 Å². The molecular formula is C15H15F3N2S. The summed E-state index contributed by atoms with van der Waals surface area (Å²) in [4.78, 5) is 0. The summed E-state index contributed by atoms with van der Waals surface area (Å²) in [6.45, 7) is 1.63. The van der Waals surface area contributed by atoms with E-state index in [1.54, 1.807) is 37.3 Å². The molecule has 0 aliphatic carbocycles. The minimum absolute atomic E-state index is 0.113. The molecule has 112 valence electrons. The van der Waals surface area contributed by atoms with Crippen LogP contribution in [0.5, 0.6) is 0 Å². The van der Waals surface area contributed by atoms with Crippen LogP contribution >= 0.6 is 11.9 Å². The molecule has 6 heteroatoms. The Hall–Kier alpha value is -1.82. The predicted octanol–water partition coefficient (Wildman–Crippen LogP) is 4.95. The van der Waals surface area contributed by atoms with E-state index in [4.69, 9.17) is 5.73 Å². The second-order valence-corrected chi connectivity index (χ2v) is 5.26. The SMILES string of the molecule is CSNc1cccc(-c2c(C)cc(N)cc2C(F)(F)F)c1. The third-order valence-electron chi connectivity index (χ3n) is 3.03. The number of aryl methyl sites for hydroxylation is 1. The molecule has 0 aromatic heterocycles. The van der Waals surface area contributed by atoms with Crippen molar-refractivity contribution in [2.24, 2.45) is 0 Å². The van der Waals surface area contributed by atoms with Crippen LogP contribution in [0.3, 0.4) is 0 Å². The van der Waals surface area contributed by atoms with Gasteiger partial charge in [0.1, 0.15) is 0 Å². The Balaban J connectivity index is 2.65.